The van der Waals surface area contributed by atoms with E-state index in [0.717, 1.165) is 0 Å². The maximum Gasteiger partial charge on any atom is 0.352 e. The van der Waals surface area contributed by atoms with Gasteiger partial charge in [0.1, 0.15) is 33.9 Å². The summed E-state index contributed by atoms with van der Waals surface area (Å²) in [5.41, 5.74) is 7.45. The molecule has 2 aliphatic rings. The molecule has 0 radical (unpaired) electrons. The molecule has 1 aromatic carbocycles. The molecule has 3 heterocycles. The number of β-lactam (4-membered cyclic amide) rings is 1. The number of carboxylic acid groups (broad SMARTS) is 1. The van der Waals surface area contributed by atoms with Crippen molar-refractivity contribution in [1.29, 1.82) is 0 Å². The number of ether oxygens (including phenoxy) is 1. The average molecular weight is 547 g/mol. The molecule has 0 aliphatic carbocycles. The minimum absolute atomic E-state index is 0.0736. The largest absolute Gasteiger partial charge is 0.477 e. The Balaban J connectivity index is 1.42. The van der Waals surface area contributed by atoms with E-state index in [-0.39, 0.29) is 24.0 Å². The lowest BCUT2D eigenvalue weighted by atomic mass is 10.0. The fraction of sp³-hybridized carbons (Fsp3) is 0.391. The summed E-state index contributed by atoms with van der Waals surface area (Å²) in [7, 11) is 0. The van der Waals surface area contributed by atoms with Gasteiger partial charge in [0.05, 0.1) is 12.5 Å². The van der Waals surface area contributed by atoms with Crippen LogP contribution in [0.1, 0.15) is 31.1 Å². The summed E-state index contributed by atoms with van der Waals surface area (Å²) in [6.45, 7) is 3.49. The van der Waals surface area contributed by atoms with E-state index in [9.17, 15) is 24.3 Å². The third kappa shape index (κ3) is 5.81. The van der Waals surface area contributed by atoms with E-state index in [2.05, 4.69) is 20.7 Å². The molecule has 2 unspecified atom stereocenters. The van der Waals surface area contributed by atoms with Crippen molar-refractivity contribution >= 4 is 47.3 Å². The topological polar surface area (TPSA) is 181 Å². The first-order chi connectivity index (χ1) is 17.7. The van der Waals surface area contributed by atoms with Crippen LogP contribution in [0.15, 0.2) is 46.6 Å². The fourth-order valence-electron chi connectivity index (χ4n) is 3.92. The molecule has 2 aliphatic heterocycles. The lowest BCUT2D eigenvalue weighted by Gasteiger charge is -2.49. The van der Waals surface area contributed by atoms with Crippen molar-refractivity contribution in [3.05, 3.63) is 52.9 Å². The molecule has 5 N–H and O–H groups in total. The van der Waals surface area contributed by atoms with Crippen molar-refractivity contribution in [2.24, 2.45) is 5.73 Å². The van der Waals surface area contributed by atoms with Crippen LogP contribution in [0.4, 0.5) is 0 Å². The molecule has 1 fully saturated rings. The van der Waals surface area contributed by atoms with E-state index in [1.165, 1.54) is 28.4 Å². The van der Waals surface area contributed by atoms with E-state index < -0.39 is 41.2 Å². The van der Waals surface area contributed by atoms with E-state index in [1.54, 1.807) is 44.2 Å². The normalized spacial score (nSPS) is 19.8. The van der Waals surface area contributed by atoms with Crippen LogP contribution < -0.4 is 11.1 Å². The smallest absolute Gasteiger partial charge is 0.352 e. The molecule has 3 atom stereocenters. The number of thioether (sulfide) groups is 2. The number of carboxylic acids is 1. The van der Waals surface area contributed by atoms with Crippen LogP contribution in [-0.4, -0.2) is 78.2 Å². The Bertz CT molecular complexity index is 1230. The first-order valence-corrected chi connectivity index (χ1v) is 13.4. The predicted molar refractivity (Wildman–Crippen MR) is 135 cm³/mol. The number of rotatable bonds is 10. The van der Waals surface area contributed by atoms with E-state index in [4.69, 9.17) is 10.5 Å². The van der Waals surface area contributed by atoms with E-state index in [0.29, 0.717) is 27.6 Å². The molecule has 0 bridgehead atoms. The van der Waals surface area contributed by atoms with Gasteiger partial charge in [0.15, 0.2) is 0 Å². The Morgan fingerprint density at radius 2 is 2.03 bits per heavy atom. The van der Waals surface area contributed by atoms with Gasteiger partial charge < -0.3 is 20.9 Å². The molecular weight excluding hydrogens is 520 g/mol. The highest BCUT2D eigenvalue weighted by atomic mass is 32.2. The van der Waals surface area contributed by atoms with Gasteiger partial charge in [-0.25, -0.2) is 4.79 Å². The number of fused-ring (bicyclic) bond motifs is 1. The summed E-state index contributed by atoms with van der Waals surface area (Å²) in [6.07, 6.45) is -0.335. The van der Waals surface area contributed by atoms with Gasteiger partial charge in [-0.15, -0.1) is 16.9 Å². The second kappa shape index (κ2) is 11.4. The lowest BCUT2D eigenvalue weighted by molar-refractivity contribution is -0.150. The highest BCUT2D eigenvalue weighted by molar-refractivity contribution is 8.01. The first kappa shape index (κ1) is 26.7. The van der Waals surface area contributed by atoms with Crippen molar-refractivity contribution in [1.82, 2.24) is 25.6 Å². The maximum absolute atomic E-state index is 12.9. The number of hydrogen-bond donors (Lipinski definition) is 4. The number of nitrogens with zero attached hydrogens (tertiary/aromatic N) is 3. The van der Waals surface area contributed by atoms with Crippen LogP contribution >= 0.6 is 23.5 Å². The number of hydrogen-bond acceptors (Lipinski definition) is 10. The molecule has 0 spiro atoms. The van der Waals surface area contributed by atoms with Crippen molar-refractivity contribution in [3.63, 3.8) is 0 Å². The summed E-state index contributed by atoms with van der Waals surface area (Å²) in [6, 6.07) is 6.95. The summed E-state index contributed by atoms with van der Waals surface area (Å²) < 4.78 is 5.14. The monoisotopic (exact) mass is 546 g/mol. The summed E-state index contributed by atoms with van der Waals surface area (Å²) >= 11 is 2.57. The highest BCUT2D eigenvalue weighted by Crippen LogP contribution is 2.41. The zero-order chi connectivity index (χ0) is 26.7. The number of aromatic amines is 1. The number of aliphatic carboxylic acids is 1. The molecule has 14 heteroatoms. The van der Waals surface area contributed by atoms with Crippen molar-refractivity contribution in [3.8, 4) is 0 Å². The highest BCUT2D eigenvalue weighted by Gasteiger charge is 2.54. The van der Waals surface area contributed by atoms with Gasteiger partial charge in [0, 0.05) is 11.5 Å². The van der Waals surface area contributed by atoms with Crippen LogP contribution in [-0.2, 0) is 30.3 Å². The van der Waals surface area contributed by atoms with Crippen LogP contribution in [0, 0.1) is 0 Å². The molecule has 0 saturated carbocycles. The van der Waals surface area contributed by atoms with Gasteiger partial charge in [-0.1, -0.05) is 42.1 Å². The Hall–Kier alpha value is -3.36. The second-order valence-electron chi connectivity index (χ2n) is 8.62. The number of benzene rings is 1. The molecule has 196 valence electrons. The molecule has 1 saturated heterocycles. The van der Waals surface area contributed by atoms with Gasteiger partial charge in [-0.3, -0.25) is 19.3 Å². The van der Waals surface area contributed by atoms with Crippen LogP contribution in [0.25, 0.3) is 0 Å². The minimum atomic E-state index is -1.24. The number of carbonyl (C=O) groups excluding carboxylic acids is 3. The Kier molecular flexibility index (Phi) is 8.19. The molecule has 12 nitrogen and oxygen atoms in total. The van der Waals surface area contributed by atoms with Gasteiger partial charge >= 0.3 is 11.9 Å². The quantitative estimate of drug-likeness (QED) is 0.188. The van der Waals surface area contributed by atoms with Crippen LogP contribution in [0.3, 0.4) is 0 Å². The fourth-order valence-corrected chi connectivity index (χ4v) is 6.33. The van der Waals surface area contributed by atoms with Gasteiger partial charge in [0.25, 0.3) is 5.91 Å². The van der Waals surface area contributed by atoms with E-state index >= 15 is 0 Å². The number of aromatic nitrogens is 3. The summed E-state index contributed by atoms with van der Waals surface area (Å²) in [5, 5.41) is 23.0. The summed E-state index contributed by atoms with van der Waals surface area (Å²) in [4.78, 5) is 50.9. The Labute approximate surface area is 220 Å². The number of H-pyrrole nitrogens is 1. The Morgan fingerprint density at radius 3 is 2.70 bits per heavy atom. The molecule has 2 aromatic rings. The van der Waals surface area contributed by atoms with Gasteiger partial charge in [-0.05, 0) is 25.0 Å². The lowest BCUT2D eigenvalue weighted by Crippen LogP contribution is -2.71. The molecule has 4 rings (SSSR count). The number of esters is 1. The van der Waals surface area contributed by atoms with Crippen LogP contribution in [0.2, 0.25) is 0 Å². The number of amides is 2. The van der Waals surface area contributed by atoms with Gasteiger partial charge in [0.2, 0.25) is 5.91 Å². The Morgan fingerprint density at radius 1 is 1.30 bits per heavy atom. The summed E-state index contributed by atoms with van der Waals surface area (Å²) in [5.74, 6) is -2.15. The average Bonchev–Trinajstić information content (AvgIpc) is 3.31. The third-order valence-electron chi connectivity index (χ3n) is 5.63. The molecule has 1 aromatic heterocycles. The SMILES string of the molecule is CC(C)OC(=O)Cc1n[nH]nc1SCC1=C(C(=O)O)N2C(=O)C(NC(=O)C(N)c3ccccc3)[C@@H]2SC1. The predicted octanol–water partition coefficient (Wildman–Crippen LogP) is 0.830. The van der Waals surface area contributed by atoms with Gasteiger partial charge in [-0.2, -0.15) is 10.3 Å². The molecule has 37 heavy (non-hydrogen) atoms. The third-order valence-corrected chi connectivity index (χ3v) is 8.07. The standard InChI is InChI=1S/C23H26N6O6S2/c1-11(2)35-15(30)8-14-20(27-28-26-14)36-9-13-10-37-22-17(21(32)29(22)18(13)23(33)34)25-19(31)16(24)12-6-4-3-5-7-12/h3-7,11,16-17,22H,8-10,24H2,1-2H3,(H,25,31)(H,33,34)(H,26,27,28)/t16?,17?,22-/m0/s1. The zero-order valence-corrected chi connectivity index (χ0v) is 21.7. The second-order valence-corrected chi connectivity index (χ2v) is 10.7. The zero-order valence-electron chi connectivity index (χ0n) is 20.0. The van der Waals surface area contributed by atoms with Crippen molar-refractivity contribution < 1.29 is 29.0 Å². The number of nitrogens with two attached hydrogens (primary N) is 1. The first-order valence-electron chi connectivity index (χ1n) is 11.4. The van der Waals surface area contributed by atoms with E-state index in [1.807, 2.05) is 0 Å². The number of carbonyl (C=O) groups is 4. The van der Waals surface area contributed by atoms with Crippen LogP contribution in [0.5, 0.6) is 0 Å². The van der Waals surface area contributed by atoms with Crippen molar-refractivity contribution in [2.45, 2.75) is 48.9 Å². The molecule has 2 amide bonds. The maximum atomic E-state index is 12.9. The molecular formula is C23H26N6O6S2. The minimum Gasteiger partial charge on any atom is -0.477 e. The number of nitrogens with one attached hydrogen (secondary N) is 2. The van der Waals surface area contributed by atoms with Crippen molar-refractivity contribution in [2.75, 3.05) is 11.5 Å².